The molecule has 1 heterocycles. The molecule has 31 heavy (non-hydrogen) atoms. The molecule has 3 N–H and O–H groups in total. The van der Waals surface area contributed by atoms with E-state index >= 15 is 0 Å². The highest BCUT2D eigenvalue weighted by molar-refractivity contribution is 6.02. The van der Waals surface area contributed by atoms with Gasteiger partial charge < -0.3 is 15.7 Å². The Bertz CT molecular complexity index is 1100. The molecule has 1 aliphatic carbocycles. The van der Waals surface area contributed by atoms with Crippen LogP contribution in [-0.2, 0) is 16.1 Å². The van der Waals surface area contributed by atoms with Crippen LogP contribution < -0.4 is 5.73 Å². The van der Waals surface area contributed by atoms with Gasteiger partial charge in [-0.2, -0.15) is 0 Å². The maximum atomic E-state index is 10.7. The predicted octanol–water partition coefficient (Wildman–Crippen LogP) is 4.04. The molecule has 1 aromatic heterocycles. The number of hydrogen-bond acceptors (Lipinski definition) is 6. The minimum absolute atomic E-state index is 0.0498. The summed E-state index contributed by atoms with van der Waals surface area (Å²) in [6.45, 7) is 0.242. The largest absolute Gasteiger partial charge is 0.481 e. The van der Waals surface area contributed by atoms with Crippen LogP contribution >= 0.6 is 0 Å². The second kappa shape index (κ2) is 9.38. The van der Waals surface area contributed by atoms with Gasteiger partial charge in [-0.05, 0) is 35.4 Å². The third-order valence-corrected chi connectivity index (χ3v) is 5.36. The van der Waals surface area contributed by atoms with E-state index in [-0.39, 0.29) is 24.9 Å². The molecule has 158 valence electrons. The Hall–Kier alpha value is -3.74. The number of nitrogens with two attached hydrogens (primary N) is 1. The maximum Gasteiger partial charge on any atom is 0.303 e. The number of carbonyl (C=O) groups is 1. The Balaban J connectivity index is 1.64. The second-order valence-corrected chi connectivity index (χ2v) is 7.52. The Morgan fingerprint density at radius 3 is 2.68 bits per heavy atom. The Morgan fingerprint density at radius 1 is 1.10 bits per heavy atom. The molecule has 0 aliphatic heterocycles. The lowest BCUT2D eigenvalue weighted by atomic mass is 9.79. The third kappa shape index (κ3) is 4.88. The number of fused-ring (bicyclic) bond motifs is 1. The van der Waals surface area contributed by atoms with Crippen molar-refractivity contribution >= 4 is 17.6 Å². The molecule has 7 heteroatoms. The summed E-state index contributed by atoms with van der Waals surface area (Å²) in [7, 11) is 0. The average molecular weight is 416 g/mol. The second-order valence-electron chi connectivity index (χ2n) is 7.52. The molecule has 7 nitrogen and oxygen atoms in total. The molecule has 0 amide bonds. The molecule has 0 bridgehead atoms. The molecular formula is C24H24N4O3. The topological polar surface area (TPSA) is 111 Å². The fraction of sp³-hybridized carbons (Fsp3) is 0.250. The summed E-state index contributed by atoms with van der Waals surface area (Å²) in [5.41, 5.74) is 11.8. The molecule has 2 aromatic carbocycles. The van der Waals surface area contributed by atoms with Gasteiger partial charge in [0.05, 0.1) is 11.4 Å². The highest BCUT2D eigenvalue weighted by Crippen LogP contribution is 2.37. The Kier molecular flexibility index (Phi) is 6.21. The van der Waals surface area contributed by atoms with Crippen molar-refractivity contribution in [3.05, 3.63) is 77.6 Å². The van der Waals surface area contributed by atoms with E-state index in [4.69, 9.17) is 15.7 Å². The molecule has 0 saturated heterocycles. The first-order chi connectivity index (χ1) is 15.1. The normalized spacial score (nSPS) is 16.6. The molecule has 0 fully saturated rings. The quantitative estimate of drug-likeness (QED) is 0.444. The van der Waals surface area contributed by atoms with Crippen LogP contribution in [0.1, 0.15) is 42.0 Å². The zero-order chi connectivity index (χ0) is 21.6. The van der Waals surface area contributed by atoms with E-state index in [0.717, 1.165) is 29.0 Å². The van der Waals surface area contributed by atoms with Gasteiger partial charge in [-0.3, -0.25) is 4.79 Å². The molecule has 3 aromatic rings. The summed E-state index contributed by atoms with van der Waals surface area (Å²) in [5, 5.41) is 13.1. The van der Waals surface area contributed by atoms with Crippen LogP contribution in [0.5, 0.6) is 0 Å². The van der Waals surface area contributed by atoms with Gasteiger partial charge in [0.1, 0.15) is 6.61 Å². The number of rotatable bonds is 7. The van der Waals surface area contributed by atoms with Gasteiger partial charge in [0.25, 0.3) is 0 Å². The van der Waals surface area contributed by atoms with Crippen molar-refractivity contribution in [2.45, 2.75) is 31.6 Å². The number of carboxylic acid groups (broad SMARTS) is 1. The van der Waals surface area contributed by atoms with E-state index in [0.29, 0.717) is 12.8 Å². The first-order valence-electron chi connectivity index (χ1n) is 10.3. The Labute approximate surface area is 180 Å². The fourth-order valence-corrected chi connectivity index (χ4v) is 3.93. The van der Waals surface area contributed by atoms with Crippen LogP contribution in [0.25, 0.3) is 11.1 Å². The number of nitrogen functional groups attached to an aromatic ring is 1. The summed E-state index contributed by atoms with van der Waals surface area (Å²) in [4.78, 5) is 24.7. The number of carboxylic acids is 1. The van der Waals surface area contributed by atoms with Gasteiger partial charge in [0.15, 0.2) is 0 Å². The van der Waals surface area contributed by atoms with Crippen LogP contribution in [0.15, 0.2) is 65.9 Å². The van der Waals surface area contributed by atoms with Crippen molar-refractivity contribution in [1.82, 2.24) is 9.97 Å². The molecule has 1 atom stereocenters. The first-order valence-corrected chi connectivity index (χ1v) is 10.3. The third-order valence-electron chi connectivity index (χ3n) is 5.36. The van der Waals surface area contributed by atoms with Crippen molar-refractivity contribution < 1.29 is 14.7 Å². The lowest BCUT2D eigenvalue weighted by Crippen LogP contribution is -2.22. The van der Waals surface area contributed by atoms with Crippen LogP contribution in [0.3, 0.4) is 0 Å². The number of hydrogen-bond donors (Lipinski definition) is 2. The summed E-state index contributed by atoms with van der Waals surface area (Å²) < 4.78 is 0. The Morgan fingerprint density at radius 2 is 1.87 bits per heavy atom. The lowest BCUT2D eigenvalue weighted by Gasteiger charge is -2.27. The van der Waals surface area contributed by atoms with E-state index in [2.05, 4.69) is 39.4 Å². The maximum absolute atomic E-state index is 10.7. The first kappa shape index (κ1) is 20.5. The van der Waals surface area contributed by atoms with Crippen molar-refractivity contribution in [2.24, 2.45) is 5.16 Å². The molecule has 1 aliphatic rings. The minimum Gasteiger partial charge on any atom is -0.481 e. The van der Waals surface area contributed by atoms with E-state index in [9.17, 15) is 4.79 Å². The van der Waals surface area contributed by atoms with E-state index in [1.165, 1.54) is 11.1 Å². The van der Waals surface area contributed by atoms with Gasteiger partial charge in [0, 0.05) is 24.6 Å². The molecule has 1 unspecified atom stereocenters. The molecule has 0 saturated carbocycles. The van der Waals surface area contributed by atoms with Gasteiger partial charge in [-0.1, -0.05) is 59.8 Å². The van der Waals surface area contributed by atoms with Crippen LogP contribution in [0, 0.1) is 0 Å². The lowest BCUT2D eigenvalue weighted by molar-refractivity contribution is -0.137. The van der Waals surface area contributed by atoms with Gasteiger partial charge in [-0.25, -0.2) is 9.97 Å². The number of aliphatic carboxylic acids is 1. The summed E-state index contributed by atoms with van der Waals surface area (Å²) >= 11 is 0. The highest BCUT2D eigenvalue weighted by atomic mass is 16.6. The molecule has 0 radical (unpaired) electrons. The van der Waals surface area contributed by atoms with Crippen molar-refractivity contribution in [3.63, 3.8) is 0 Å². The predicted molar refractivity (Wildman–Crippen MR) is 119 cm³/mol. The number of benzene rings is 2. The van der Waals surface area contributed by atoms with Gasteiger partial charge >= 0.3 is 5.97 Å². The van der Waals surface area contributed by atoms with Crippen molar-refractivity contribution in [3.8, 4) is 11.1 Å². The summed E-state index contributed by atoms with van der Waals surface area (Å²) in [6, 6.07) is 18.7. The number of oxime groups is 1. The van der Waals surface area contributed by atoms with Crippen molar-refractivity contribution in [2.75, 3.05) is 12.3 Å². The standard InChI is InChI=1S/C24H24N4O3/c25-24-26-15-20-21(27-24)13-17(14-22(20)28-31-12-6-11-23(29)30)19-10-5-4-9-18(19)16-7-2-1-3-8-16/h1-5,7-10,15,17H,6,11-14H2,(H,29,30)(H2,25,26,27). The van der Waals surface area contributed by atoms with Crippen LogP contribution in [0.2, 0.25) is 0 Å². The molecule has 0 spiro atoms. The number of anilines is 1. The smallest absolute Gasteiger partial charge is 0.303 e. The minimum atomic E-state index is -0.847. The molecule has 4 rings (SSSR count). The number of aromatic nitrogens is 2. The van der Waals surface area contributed by atoms with Crippen LogP contribution in [0.4, 0.5) is 5.95 Å². The zero-order valence-electron chi connectivity index (χ0n) is 17.1. The van der Waals surface area contributed by atoms with Crippen LogP contribution in [-0.4, -0.2) is 33.4 Å². The highest BCUT2D eigenvalue weighted by Gasteiger charge is 2.28. The monoisotopic (exact) mass is 416 g/mol. The van der Waals surface area contributed by atoms with E-state index in [1.807, 2.05) is 30.3 Å². The van der Waals surface area contributed by atoms with E-state index < -0.39 is 5.97 Å². The van der Waals surface area contributed by atoms with Gasteiger partial charge in [0.2, 0.25) is 5.95 Å². The number of nitrogens with zero attached hydrogens (tertiary/aromatic N) is 3. The summed E-state index contributed by atoms with van der Waals surface area (Å²) in [6.07, 6.45) is 3.54. The van der Waals surface area contributed by atoms with E-state index in [1.54, 1.807) is 6.20 Å². The van der Waals surface area contributed by atoms with Gasteiger partial charge in [-0.15, -0.1) is 0 Å². The SMILES string of the molecule is Nc1ncc2c(n1)CC(c1ccccc1-c1ccccc1)CC2=NOCCCC(=O)O. The zero-order valence-corrected chi connectivity index (χ0v) is 17.1. The van der Waals surface area contributed by atoms with Crippen molar-refractivity contribution in [1.29, 1.82) is 0 Å². The average Bonchev–Trinajstić information content (AvgIpc) is 2.78. The fourth-order valence-electron chi connectivity index (χ4n) is 3.93. The summed E-state index contributed by atoms with van der Waals surface area (Å²) in [5.74, 6) is -0.460. The molecular weight excluding hydrogens is 392 g/mol.